The molecule has 3 aromatic rings. The number of fused-ring (bicyclic) bond motifs is 1. The number of cyclic esters (lactones) is 1. The second-order valence-electron chi connectivity index (χ2n) is 5.86. The summed E-state index contributed by atoms with van der Waals surface area (Å²) in [6.45, 7) is 2.05. The second kappa shape index (κ2) is 5.98. The Morgan fingerprint density at radius 1 is 0.960 bits per heavy atom. The molecular formula is C21H14FNO2. The number of hydrogen-bond donors (Lipinski definition) is 0. The zero-order valence-corrected chi connectivity index (χ0v) is 13.5. The molecule has 4 rings (SSSR count). The molecule has 1 aliphatic rings. The second-order valence-corrected chi connectivity index (χ2v) is 5.86. The lowest BCUT2D eigenvalue weighted by molar-refractivity contribution is -0.129. The van der Waals surface area contributed by atoms with E-state index in [4.69, 9.17) is 4.74 Å². The van der Waals surface area contributed by atoms with E-state index < -0.39 is 5.97 Å². The van der Waals surface area contributed by atoms with Crippen LogP contribution in [0, 0.1) is 12.7 Å². The molecule has 0 radical (unpaired) electrons. The maximum absolute atomic E-state index is 13.0. The molecule has 3 nitrogen and oxygen atoms in total. The highest BCUT2D eigenvalue weighted by molar-refractivity contribution is 6.13. The van der Waals surface area contributed by atoms with Crippen LogP contribution in [-0.2, 0) is 9.53 Å². The molecule has 1 heterocycles. The van der Waals surface area contributed by atoms with Gasteiger partial charge in [-0.3, -0.25) is 0 Å². The Morgan fingerprint density at radius 3 is 2.44 bits per heavy atom. The van der Waals surface area contributed by atoms with Crippen LogP contribution in [0.15, 0.2) is 71.4 Å². The van der Waals surface area contributed by atoms with Gasteiger partial charge < -0.3 is 4.74 Å². The zero-order valence-electron chi connectivity index (χ0n) is 13.5. The van der Waals surface area contributed by atoms with Crippen LogP contribution in [-0.4, -0.2) is 11.9 Å². The summed E-state index contributed by atoms with van der Waals surface area (Å²) in [7, 11) is 0. The Balaban J connectivity index is 1.78. The van der Waals surface area contributed by atoms with E-state index in [1.54, 1.807) is 6.08 Å². The zero-order chi connectivity index (χ0) is 17.4. The molecule has 0 atom stereocenters. The number of ether oxygens (including phenoxy) is 1. The molecule has 0 aliphatic carbocycles. The molecule has 25 heavy (non-hydrogen) atoms. The van der Waals surface area contributed by atoms with E-state index in [2.05, 4.69) is 4.99 Å². The molecule has 0 amide bonds. The Bertz CT molecular complexity index is 1050. The number of rotatable bonds is 2. The van der Waals surface area contributed by atoms with Crippen molar-refractivity contribution < 1.29 is 13.9 Å². The average Bonchev–Trinajstić information content (AvgIpc) is 2.99. The van der Waals surface area contributed by atoms with Crippen LogP contribution in [0.25, 0.3) is 16.8 Å². The number of hydrogen-bond acceptors (Lipinski definition) is 3. The number of nitrogens with zero attached hydrogens (tertiary/aromatic N) is 1. The van der Waals surface area contributed by atoms with Crippen LogP contribution in [0.2, 0.25) is 0 Å². The fourth-order valence-electron chi connectivity index (χ4n) is 2.87. The topological polar surface area (TPSA) is 38.7 Å². The Kier molecular flexibility index (Phi) is 3.65. The van der Waals surface area contributed by atoms with Crippen molar-refractivity contribution in [2.24, 2.45) is 4.99 Å². The van der Waals surface area contributed by atoms with E-state index in [-0.39, 0.29) is 17.4 Å². The van der Waals surface area contributed by atoms with Gasteiger partial charge in [-0.1, -0.05) is 36.4 Å². The standard InChI is InChI=1S/C21H14FNO2/c1-13-6-7-15(18-5-3-2-4-17(13)18)12-19-21(24)25-20(23-19)14-8-10-16(22)11-9-14/h2-12H,1H3. The van der Waals surface area contributed by atoms with Crippen molar-refractivity contribution in [2.75, 3.05) is 0 Å². The van der Waals surface area contributed by atoms with Gasteiger partial charge in [0, 0.05) is 5.56 Å². The monoisotopic (exact) mass is 331 g/mol. The predicted molar refractivity (Wildman–Crippen MR) is 95.7 cm³/mol. The minimum atomic E-state index is -0.510. The lowest BCUT2D eigenvalue weighted by atomic mass is 10.00. The minimum absolute atomic E-state index is 0.188. The Morgan fingerprint density at radius 2 is 1.68 bits per heavy atom. The molecule has 4 heteroatoms. The summed E-state index contributed by atoms with van der Waals surface area (Å²) in [5.41, 5.74) is 2.86. The first-order valence-electron chi connectivity index (χ1n) is 7.89. The van der Waals surface area contributed by atoms with Gasteiger partial charge in [0.1, 0.15) is 5.82 Å². The molecule has 0 aromatic heterocycles. The van der Waals surface area contributed by atoms with E-state index in [1.807, 2.05) is 43.3 Å². The highest BCUT2D eigenvalue weighted by Crippen LogP contribution is 2.26. The van der Waals surface area contributed by atoms with Gasteiger partial charge in [-0.25, -0.2) is 14.2 Å². The third-order valence-electron chi connectivity index (χ3n) is 4.18. The maximum Gasteiger partial charge on any atom is 0.363 e. The SMILES string of the molecule is Cc1ccc(C=C2N=C(c3ccc(F)cc3)OC2=O)c2ccccc12. The highest BCUT2D eigenvalue weighted by atomic mass is 19.1. The summed E-state index contributed by atoms with van der Waals surface area (Å²) >= 11 is 0. The quantitative estimate of drug-likeness (QED) is 0.507. The highest BCUT2D eigenvalue weighted by Gasteiger charge is 2.24. The van der Waals surface area contributed by atoms with Gasteiger partial charge in [-0.15, -0.1) is 0 Å². The first-order valence-corrected chi connectivity index (χ1v) is 7.89. The van der Waals surface area contributed by atoms with Crippen molar-refractivity contribution in [3.05, 3.63) is 88.9 Å². The number of esters is 1. The van der Waals surface area contributed by atoms with Crippen LogP contribution in [0.4, 0.5) is 4.39 Å². The van der Waals surface area contributed by atoms with E-state index in [0.29, 0.717) is 5.56 Å². The van der Waals surface area contributed by atoms with Gasteiger partial charge in [-0.2, -0.15) is 0 Å². The maximum atomic E-state index is 13.0. The van der Waals surface area contributed by atoms with Crippen molar-refractivity contribution in [3.63, 3.8) is 0 Å². The van der Waals surface area contributed by atoms with Crippen LogP contribution in [0.1, 0.15) is 16.7 Å². The third-order valence-corrected chi connectivity index (χ3v) is 4.18. The van der Waals surface area contributed by atoms with Gasteiger partial charge in [0.05, 0.1) is 0 Å². The summed E-state index contributed by atoms with van der Waals surface area (Å²) in [5, 5.41) is 2.18. The normalized spacial score (nSPS) is 15.5. The Hall–Kier alpha value is -3.27. The first-order chi connectivity index (χ1) is 12.1. The van der Waals surface area contributed by atoms with Crippen molar-refractivity contribution in [1.29, 1.82) is 0 Å². The number of carbonyl (C=O) groups is 1. The smallest absolute Gasteiger partial charge is 0.363 e. The molecule has 0 fully saturated rings. The van der Waals surface area contributed by atoms with E-state index >= 15 is 0 Å². The summed E-state index contributed by atoms with van der Waals surface area (Å²) in [6.07, 6.45) is 1.72. The third kappa shape index (κ3) is 2.83. The van der Waals surface area contributed by atoms with Gasteiger partial charge in [0.2, 0.25) is 5.90 Å². The van der Waals surface area contributed by atoms with Crippen molar-refractivity contribution in [2.45, 2.75) is 6.92 Å². The fourth-order valence-corrected chi connectivity index (χ4v) is 2.87. The largest absolute Gasteiger partial charge is 0.402 e. The van der Waals surface area contributed by atoms with Gasteiger partial charge in [0.15, 0.2) is 5.70 Å². The average molecular weight is 331 g/mol. The molecule has 0 bridgehead atoms. The van der Waals surface area contributed by atoms with Crippen molar-refractivity contribution >= 4 is 28.7 Å². The van der Waals surface area contributed by atoms with Crippen LogP contribution in [0.3, 0.4) is 0 Å². The molecule has 0 N–H and O–H groups in total. The van der Waals surface area contributed by atoms with E-state index in [1.165, 1.54) is 29.8 Å². The minimum Gasteiger partial charge on any atom is -0.402 e. The fraction of sp³-hybridized carbons (Fsp3) is 0.0476. The van der Waals surface area contributed by atoms with Gasteiger partial charge in [0.25, 0.3) is 0 Å². The summed E-state index contributed by atoms with van der Waals surface area (Å²) in [6, 6.07) is 17.7. The van der Waals surface area contributed by atoms with Gasteiger partial charge in [-0.05, 0) is 59.2 Å². The number of halogens is 1. The summed E-state index contributed by atoms with van der Waals surface area (Å²) in [4.78, 5) is 16.4. The first kappa shape index (κ1) is 15.3. The lowest BCUT2D eigenvalue weighted by Crippen LogP contribution is -2.05. The van der Waals surface area contributed by atoms with Crippen molar-refractivity contribution in [1.82, 2.24) is 0 Å². The molecule has 1 aliphatic heterocycles. The van der Waals surface area contributed by atoms with E-state index in [9.17, 15) is 9.18 Å². The van der Waals surface area contributed by atoms with Crippen LogP contribution in [0.5, 0.6) is 0 Å². The summed E-state index contributed by atoms with van der Waals surface area (Å²) < 4.78 is 18.3. The number of aryl methyl sites for hydroxylation is 1. The number of carbonyl (C=O) groups excluding carboxylic acids is 1. The number of aliphatic imine (C=N–C) groups is 1. The van der Waals surface area contributed by atoms with Crippen LogP contribution >= 0.6 is 0 Å². The van der Waals surface area contributed by atoms with Crippen LogP contribution < -0.4 is 0 Å². The molecule has 122 valence electrons. The molecule has 0 saturated heterocycles. The Labute approximate surface area is 144 Å². The van der Waals surface area contributed by atoms with E-state index in [0.717, 1.165) is 16.3 Å². The molecular weight excluding hydrogens is 317 g/mol. The van der Waals surface area contributed by atoms with Crippen molar-refractivity contribution in [3.8, 4) is 0 Å². The lowest BCUT2D eigenvalue weighted by Gasteiger charge is -2.05. The predicted octanol–water partition coefficient (Wildman–Crippen LogP) is 4.63. The number of benzene rings is 3. The van der Waals surface area contributed by atoms with Gasteiger partial charge >= 0.3 is 5.97 Å². The molecule has 0 unspecified atom stereocenters. The summed E-state index contributed by atoms with van der Waals surface area (Å²) in [5.74, 6) is -0.674. The molecule has 0 saturated carbocycles. The molecule has 3 aromatic carbocycles. The molecule has 0 spiro atoms.